The average Bonchev–Trinajstić information content (AvgIpc) is 2.50. The van der Waals surface area contributed by atoms with Crippen molar-refractivity contribution in [2.24, 2.45) is 0 Å². The van der Waals surface area contributed by atoms with E-state index in [1.165, 1.54) is 12.5 Å². The number of aryl methyl sites for hydroxylation is 1. The molecule has 1 aromatic carbocycles. The molecule has 0 aromatic heterocycles. The fourth-order valence-electron chi connectivity index (χ4n) is 2.36. The molecule has 26 heavy (non-hydrogen) atoms. The summed E-state index contributed by atoms with van der Waals surface area (Å²) in [7, 11) is 0. The Morgan fingerprint density at radius 3 is 2.15 bits per heavy atom. The molecule has 0 aliphatic carbocycles. The number of carbonyl (C=O) groups excluding carboxylic acids is 1. The van der Waals surface area contributed by atoms with E-state index in [9.17, 15) is 14.7 Å². The van der Waals surface area contributed by atoms with Crippen molar-refractivity contribution in [3.63, 3.8) is 0 Å². The first-order valence-electron chi connectivity index (χ1n) is 8.80. The summed E-state index contributed by atoms with van der Waals surface area (Å²) in [5.41, 5.74) is -0.873. The second kappa shape index (κ2) is 8.80. The maximum Gasteiger partial charge on any atom is 0.408 e. The average molecular weight is 382 g/mol. The number of carbonyl (C=O) groups is 2. The highest BCUT2D eigenvalue weighted by atomic mass is 32.2. The molecule has 5 nitrogen and oxygen atoms in total. The van der Waals surface area contributed by atoms with Gasteiger partial charge in [0.15, 0.2) is 5.54 Å². The molecule has 0 saturated carbocycles. The van der Waals surface area contributed by atoms with Crippen molar-refractivity contribution in [1.29, 1.82) is 0 Å². The van der Waals surface area contributed by atoms with Crippen LogP contribution in [0.4, 0.5) is 4.79 Å². The molecule has 0 bridgehead atoms. The summed E-state index contributed by atoms with van der Waals surface area (Å²) < 4.78 is 4.52. The van der Waals surface area contributed by atoms with E-state index in [1.807, 2.05) is 32.0 Å². The summed E-state index contributed by atoms with van der Waals surface area (Å²) >= 11 is 1.54. The molecule has 1 atom stereocenters. The first kappa shape index (κ1) is 22.4. The summed E-state index contributed by atoms with van der Waals surface area (Å²) in [4.78, 5) is 24.1. The van der Waals surface area contributed by atoms with Gasteiger partial charge in [0.05, 0.1) is 0 Å². The van der Waals surface area contributed by atoms with Crippen molar-refractivity contribution < 1.29 is 19.4 Å². The van der Waals surface area contributed by atoms with Crippen molar-refractivity contribution in [3.05, 3.63) is 35.9 Å². The van der Waals surface area contributed by atoms with Crippen molar-refractivity contribution >= 4 is 23.8 Å². The molecule has 1 aromatic rings. The zero-order valence-corrected chi connectivity index (χ0v) is 17.4. The quantitative estimate of drug-likeness (QED) is 0.649. The third-order valence-corrected chi connectivity index (χ3v) is 5.92. The Bertz CT molecular complexity index is 610. The lowest BCUT2D eigenvalue weighted by molar-refractivity contribution is -0.145. The minimum absolute atomic E-state index is 0.684. The Hall–Kier alpha value is -1.69. The maximum atomic E-state index is 12.1. The van der Waals surface area contributed by atoms with E-state index >= 15 is 0 Å². The monoisotopic (exact) mass is 381 g/mol. The second-order valence-electron chi connectivity index (χ2n) is 8.00. The lowest BCUT2D eigenvalue weighted by atomic mass is 9.87. The van der Waals surface area contributed by atoms with Crippen LogP contribution in [0.15, 0.2) is 30.3 Å². The molecule has 0 fully saturated rings. The smallest absolute Gasteiger partial charge is 0.408 e. The van der Waals surface area contributed by atoms with Gasteiger partial charge in [-0.05, 0) is 65.7 Å². The lowest BCUT2D eigenvalue weighted by Gasteiger charge is -2.41. The second-order valence-corrected chi connectivity index (χ2v) is 9.72. The lowest BCUT2D eigenvalue weighted by Crippen LogP contribution is -2.64. The van der Waals surface area contributed by atoms with Crippen LogP contribution >= 0.6 is 11.8 Å². The number of ether oxygens (including phenoxy) is 1. The number of carboxylic acids is 1. The molecular weight excluding hydrogens is 350 g/mol. The minimum Gasteiger partial charge on any atom is -0.479 e. The molecule has 2 N–H and O–H groups in total. The fraction of sp³-hybridized carbons (Fsp3) is 0.600. The number of carboxylic acid groups (broad SMARTS) is 1. The summed E-state index contributed by atoms with van der Waals surface area (Å²) in [6, 6.07) is 10.2. The number of alkyl carbamates (subject to hydrolysis) is 1. The van der Waals surface area contributed by atoms with Crippen LogP contribution < -0.4 is 5.32 Å². The van der Waals surface area contributed by atoms with Gasteiger partial charge in [-0.1, -0.05) is 30.3 Å². The number of aliphatic carboxylic acids is 1. The van der Waals surface area contributed by atoms with Crippen LogP contribution in [0.5, 0.6) is 0 Å². The zero-order chi connectivity index (χ0) is 20.0. The number of hydrogen-bond donors (Lipinski definition) is 2. The molecule has 146 valence electrons. The largest absolute Gasteiger partial charge is 0.479 e. The van der Waals surface area contributed by atoms with Gasteiger partial charge in [-0.15, -0.1) is 0 Å². The van der Waals surface area contributed by atoms with Crippen LogP contribution in [0, 0.1) is 0 Å². The van der Waals surface area contributed by atoms with Gasteiger partial charge >= 0.3 is 12.1 Å². The summed E-state index contributed by atoms with van der Waals surface area (Å²) in [6.07, 6.45) is 1.15. The van der Waals surface area contributed by atoms with E-state index in [1.54, 1.807) is 32.5 Å². The van der Waals surface area contributed by atoms with Crippen LogP contribution in [-0.2, 0) is 16.0 Å². The maximum absolute atomic E-state index is 12.1. The van der Waals surface area contributed by atoms with Crippen LogP contribution in [0.1, 0.15) is 53.5 Å². The van der Waals surface area contributed by atoms with E-state index in [-0.39, 0.29) is 0 Å². The highest BCUT2D eigenvalue weighted by molar-refractivity contribution is 8.00. The topological polar surface area (TPSA) is 75.6 Å². The summed E-state index contributed by atoms with van der Waals surface area (Å²) in [5, 5.41) is 12.3. The minimum atomic E-state index is -1.45. The molecule has 6 heteroatoms. The third kappa shape index (κ3) is 6.56. The van der Waals surface area contributed by atoms with Crippen LogP contribution in [0.25, 0.3) is 0 Å². The number of benzene rings is 1. The molecule has 0 unspecified atom stereocenters. The molecule has 1 amide bonds. The molecule has 0 aliphatic rings. The Morgan fingerprint density at radius 2 is 1.65 bits per heavy atom. The summed E-state index contributed by atoms with van der Waals surface area (Å²) in [6.45, 7) is 10.4. The van der Waals surface area contributed by atoms with Crippen molar-refractivity contribution in [2.75, 3.05) is 5.75 Å². The van der Waals surface area contributed by atoms with E-state index < -0.39 is 27.9 Å². The van der Waals surface area contributed by atoms with Gasteiger partial charge in [0.25, 0.3) is 0 Å². The highest BCUT2D eigenvalue weighted by Crippen LogP contribution is 2.37. The Labute approximate surface area is 160 Å². The molecule has 0 heterocycles. The normalized spacial score (nSPS) is 14.4. The van der Waals surface area contributed by atoms with Gasteiger partial charge in [0.2, 0.25) is 0 Å². The molecule has 0 radical (unpaired) electrons. The van der Waals surface area contributed by atoms with Gasteiger partial charge in [0, 0.05) is 4.75 Å². The summed E-state index contributed by atoms with van der Waals surface area (Å²) in [5.74, 6) is -0.287. The molecule has 0 saturated heterocycles. The predicted molar refractivity (Wildman–Crippen MR) is 107 cm³/mol. The molecule has 0 aliphatic heterocycles. The number of thioether (sulfide) groups is 1. The van der Waals surface area contributed by atoms with E-state index in [0.29, 0.717) is 0 Å². The van der Waals surface area contributed by atoms with Crippen molar-refractivity contribution in [1.82, 2.24) is 5.32 Å². The standard InChI is InChI=1S/C20H31NO4S/c1-18(2,3)25-17(24)21-20(6,16(22)23)19(4,5)26-14-10-13-15-11-8-7-9-12-15/h7-9,11-12H,10,13-14H2,1-6H3,(H,21,24)(H,22,23)/t20-/m1/s1. The van der Waals surface area contributed by atoms with Gasteiger partial charge in [-0.3, -0.25) is 0 Å². The number of rotatable bonds is 8. The highest BCUT2D eigenvalue weighted by Gasteiger charge is 2.49. The van der Waals surface area contributed by atoms with Gasteiger partial charge < -0.3 is 15.2 Å². The number of nitrogens with one attached hydrogen (secondary N) is 1. The van der Waals surface area contributed by atoms with Gasteiger partial charge in [-0.2, -0.15) is 11.8 Å². The van der Waals surface area contributed by atoms with Crippen LogP contribution in [0.3, 0.4) is 0 Å². The van der Waals surface area contributed by atoms with E-state index in [0.717, 1.165) is 18.6 Å². The SMILES string of the molecule is CC(C)(C)OC(=O)N[C@](C)(C(=O)O)C(C)(C)SCCCc1ccccc1. The Kier molecular flexibility index (Phi) is 7.57. The zero-order valence-electron chi connectivity index (χ0n) is 16.6. The predicted octanol–water partition coefficient (Wildman–Crippen LogP) is 4.50. The van der Waals surface area contributed by atoms with E-state index in [2.05, 4.69) is 17.4 Å². The van der Waals surface area contributed by atoms with Crippen molar-refractivity contribution in [2.45, 2.75) is 70.3 Å². The third-order valence-electron chi connectivity index (χ3n) is 4.30. The van der Waals surface area contributed by atoms with Gasteiger partial charge in [0.1, 0.15) is 5.60 Å². The van der Waals surface area contributed by atoms with E-state index in [4.69, 9.17) is 4.74 Å². The molecule has 0 spiro atoms. The number of amides is 1. The van der Waals surface area contributed by atoms with Crippen LogP contribution in [0.2, 0.25) is 0 Å². The fourth-order valence-corrected chi connectivity index (χ4v) is 3.59. The first-order valence-corrected chi connectivity index (χ1v) is 9.78. The Morgan fingerprint density at radius 1 is 1.08 bits per heavy atom. The van der Waals surface area contributed by atoms with Crippen molar-refractivity contribution in [3.8, 4) is 0 Å². The molecular formula is C20H31NO4S. The molecule has 1 rings (SSSR count). The van der Waals surface area contributed by atoms with Crippen LogP contribution in [-0.4, -0.2) is 38.8 Å². The first-order chi connectivity index (χ1) is 11.9. The number of hydrogen-bond acceptors (Lipinski definition) is 4. The van der Waals surface area contributed by atoms with Gasteiger partial charge in [-0.25, -0.2) is 9.59 Å². The Balaban J connectivity index is 2.69.